The minimum absolute atomic E-state index is 0.0924. The SMILES string of the molecule is CN(CC(=O)Nc1ccc(Cl)c(Cl)c1)S(=O)(=O)c1ccccc1Br. The van der Waals surface area contributed by atoms with E-state index in [1.54, 1.807) is 30.3 Å². The van der Waals surface area contributed by atoms with Crippen molar-refractivity contribution in [3.05, 3.63) is 57.0 Å². The number of likely N-dealkylation sites (N-methyl/N-ethyl adjacent to an activating group) is 1. The van der Waals surface area contributed by atoms with E-state index in [1.165, 1.54) is 19.2 Å². The zero-order valence-corrected chi connectivity index (χ0v) is 16.4. The average molecular weight is 452 g/mol. The summed E-state index contributed by atoms with van der Waals surface area (Å²) in [6, 6.07) is 11.0. The Labute approximate surface area is 158 Å². The second-order valence-corrected chi connectivity index (χ2v) is 8.55. The average Bonchev–Trinajstić information content (AvgIpc) is 2.51. The summed E-state index contributed by atoms with van der Waals surface area (Å²) in [6.45, 7) is -0.343. The molecule has 0 bridgehead atoms. The van der Waals surface area contributed by atoms with Gasteiger partial charge in [-0.25, -0.2) is 8.42 Å². The number of amides is 1. The van der Waals surface area contributed by atoms with Crippen molar-refractivity contribution >= 4 is 60.7 Å². The van der Waals surface area contributed by atoms with Crippen LogP contribution in [0.15, 0.2) is 51.8 Å². The Morgan fingerprint density at radius 2 is 1.83 bits per heavy atom. The number of hydrogen-bond acceptors (Lipinski definition) is 3. The number of nitrogens with zero attached hydrogens (tertiary/aromatic N) is 1. The molecule has 0 atom stereocenters. The van der Waals surface area contributed by atoms with E-state index in [4.69, 9.17) is 23.2 Å². The van der Waals surface area contributed by atoms with Crippen LogP contribution in [0.1, 0.15) is 0 Å². The molecule has 1 amide bonds. The van der Waals surface area contributed by atoms with Gasteiger partial charge in [-0.2, -0.15) is 4.31 Å². The van der Waals surface area contributed by atoms with Gasteiger partial charge in [-0.3, -0.25) is 4.79 Å². The molecule has 0 aromatic heterocycles. The number of carbonyl (C=O) groups excluding carboxylic acids is 1. The van der Waals surface area contributed by atoms with Crippen LogP contribution in [0, 0.1) is 0 Å². The molecule has 2 rings (SSSR count). The lowest BCUT2D eigenvalue weighted by Crippen LogP contribution is -2.35. The van der Waals surface area contributed by atoms with Crippen molar-refractivity contribution in [2.45, 2.75) is 4.90 Å². The molecule has 0 unspecified atom stereocenters. The van der Waals surface area contributed by atoms with Crippen molar-refractivity contribution in [3.63, 3.8) is 0 Å². The third-order valence-electron chi connectivity index (χ3n) is 3.09. The maximum Gasteiger partial charge on any atom is 0.244 e. The van der Waals surface area contributed by atoms with Gasteiger partial charge in [-0.1, -0.05) is 35.3 Å². The van der Waals surface area contributed by atoms with Crippen LogP contribution in [0.2, 0.25) is 10.0 Å². The molecule has 0 heterocycles. The Hall–Kier alpha value is -1.12. The van der Waals surface area contributed by atoms with E-state index in [0.29, 0.717) is 20.2 Å². The van der Waals surface area contributed by atoms with Crippen LogP contribution < -0.4 is 5.32 Å². The van der Waals surface area contributed by atoms with Gasteiger partial charge in [0.25, 0.3) is 0 Å². The molecule has 2 aromatic rings. The van der Waals surface area contributed by atoms with Gasteiger partial charge in [0.1, 0.15) is 0 Å². The smallest absolute Gasteiger partial charge is 0.244 e. The molecule has 0 saturated heterocycles. The molecule has 0 saturated carbocycles. The van der Waals surface area contributed by atoms with Crippen molar-refractivity contribution in [3.8, 4) is 0 Å². The molecule has 5 nitrogen and oxygen atoms in total. The van der Waals surface area contributed by atoms with E-state index in [1.807, 2.05) is 0 Å². The van der Waals surface area contributed by atoms with Crippen LogP contribution in [0.25, 0.3) is 0 Å². The van der Waals surface area contributed by atoms with E-state index in [-0.39, 0.29) is 11.4 Å². The molecule has 0 fully saturated rings. The standard InChI is InChI=1S/C15H13BrCl2N2O3S/c1-20(24(22,23)14-5-3-2-4-11(14)16)9-15(21)19-10-6-7-12(17)13(18)8-10/h2-8H,9H2,1H3,(H,19,21). The summed E-state index contributed by atoms with van der Waals surface area (Å²) in [6.07, 6.45) is 0. The second kappa shape index (κ2) is 7.84. The minimum atomic E-state index is -3.79. The predicted molar refractivity (Wildman–Crippen MR) is 99.0 cm³/mol. The number of halogens is 3. The lowest BCUT2D eigenvalue weighted by atomic mass is 10.3. The summed E-state index contributed by atoms with van der Waals surface area (Å²) in [5.41, 5.74) is 0.432. The van der Waals surface area contributed by atoms with Gasteiger partial charge in [-0.05, 0) is 46.3 Å². The maximum atomic E-state index is 12.5. The molecule has 1 N–H and O–H groups in total. The number of carbonyl (C=O) groups is 1. The lowest BCUT2D eigenvalue weighted by molar-refractivity contribution is -0.116. The molecule has 0 aliphatic rings. The molecule has 0 radical (unpaired) electrons. The van der Waals surface area contributed by atoms with Gasteiger partial charge in [0.05, 0.1) is 21.5 Å². The zero-order chi connectivity index (χ0) is 17.9. The number of anilines is 1. The Morgan fingerprint density at radius 1 is 1.17 bits per heavy atom. The molecule has 128 valence electrons. The van der Waals surface area contributed by atoms with Gasteiger partial charge in [0, 0.05) is 17.2 Å². The number of nitrogens with one attached hydrogen (secondary N) is 1. The summed E-state index contributed by atoms with van der Waals surface area (Å²) >= 11 is 14.9. The van der Waals surface area contributed by atoms with Crippen LogP contribution >= 0.6 is 39.1 Å². The van der Waals surface area contributed by atoms with E-state index in [0.717, 1.165) is 4.31 Å². The first-order valence-corrected chi connectivity index (χ1v) is 9.66. The number of benzene rings is 2. The van der Waals surface area contributed by atoms with E-state index >= 15 is 0 Å². The molecule has 24 heavy (non-hydrogen) atoms. The van der Waals surface area contributed by atoms with Crippen molar-refractivity contribution in [2.75, 3.05) is 18.9 Å². The Morgan fingerprint density at radius 3 is 2.46 bits per heavy atom. The molecule has 2 aromatic carbocycles. The Kier molecular flexibility index (Phi) is 6.28. The third-order valence-corrected chi connectivity index (χ3v) is 6.65. The van der Waals surface area contributed by atoms with Crippen LogP contribution in [0.3, 0.4) is 0 Å². The fourth-order valence-electron chi connectivity index (χ4n) is 1.88. The van der Waals surface area contributed by atoms with Gasteiger partial charge in [0.2, 0.25) is 15.9 Å². The van der Waals surface area contributed by atoms with E-state index in [9.17, 15) is 13.2 Å². The van der Waals surface area contributed by atoms with Gasteiger partial charge < -0.3 is 5.32 Å². The summed E-state index contributed by atoms with van der Waals surface area (Å²) in [5.74, 6) is -0.494. The molecule has 9 heteroatoms. The lowest BCUT2D eigenvalue weighted by Gasteiger charge is -2.17. The molecule has 0 spiro atoms. The topological polar surface area (TPSA) is 66.5 Å². The highest BCUT2D eigenvalue weighted by Gasteiger charge is 2.24. The molecular formula is C15H13BrCl2N2O3S. The number of sulfonamides is 1. The first-order chi connectivity index (χ1) is 11.2. The van der Waals surface area contributed by atoms with E-state index in [2.05, 4.69) is 21.2 Å². The molecule has 0 aliphatic carbocycles. The monoisotopic (exact) mass is 450 g/mol. The molecule has 0 aliphatic heterocycles. The van der Waals surface area contributed by atoms with Crippen molar-refractivity contribution in [1.29, 1.82) is 0 Å². The number of rotatable bonds is 5. The highest BCUT2D eigenvalue weighted by atomic mass is 79.9. The minimum Gasteiger partial charge on any atom is -0.325 e. The van der Waals surface area contributed by atoms with Crippen molar-refractivity contribution in [2.24, 2.45) is 0 Å². The van der Waals surface area contributed by atoms with Crippen LogP contribution in [0.4, 0.5) is 5.69 Å². The summed E-state index contributed by atoms with van der Waals surface area (Å²) in [5, 5.41) is 3.24. The Balaban J connectivity index is 2.11. The van der Waals surface area contributed by atoms with Gasteiger partial charge >= 0.3 is 0 Å². The zero-order valence-electron chi connectivity index (χ0n) is 12.5. The molecular weight excluding hydrogens is 439 g/mol. The van der Waals surface area contributed by atoms with Crippen LogP contribution in [-0.4, -0.2) is 32.2 Å². The van der Waals surface area contributed by atoms with Crippen LogP contribution in [-0.2, 0) is 14.8 Å². The summed E-state index contributed by atoms with van der Waals surface area (Å²) in [4.78, 5) is 12.2. The normalized spacial score (nSPS) is 11.5. The predicted octanol–water partition coefficient (Wildman–Crippen LogP) is 4.02. The van der Waals surface area contributed by atoms with Gasteiger partial charge in [0.15, 0.2) is 0 Å². The van der Waals surface area contributed by atoms with Crippen molar-refractivity contribution in [1.82, 2.24) is 4.31 Å². The van der Waals surface area contributed by atoms with E-state index < -0.39 is 15.9 Å². The van der Waals surface area contributed by atoms with Crippen LogP contribution in [0.5, 0.6) is 0 Å². The fourth-order valence-corrected chi connectivity index (χ4v) is 4.27. The first kappa shape index (κ1) is 19.2. The second-order valence-electron chi connectivity index (χ2n) is 4.87. The summed E-state index contributed by atoms with van der Waals surface area (Å²) < 4.78 is 26.4. The highest BCUT2D eigenvalue weighted by Crippen LogP contribution is 2.26. The number of hydrogen-bond donors (Lipinski definition) is 1. The fraction of sp³-hybridized carbons (Fsp3) is 0.133. The third kappa shape index (κ3) is 4.49. The van der Waals surface area contributed by atoms with Gasteiger partial charge in [-0.15, -0.1) is 0 Å². The maximum absolute atomic E-state index is 12.5. The quantitative estimate of drug-likeness (QED) is 0.746. The highest BCUT2D eigenvalue weighted by molar-refractivity contribution is 9.10. The largest absolute Gasteiger partial charge is 0.325 e. The van der Waals surface area contributed by atoms with Crippen molar-refractivity contribution < 1.29 is 13.2 Å². The Bertz CT molecular complexity index is 875. The first-order valence-electron chi connectivity index (χ1n) is 6.67. The summed E-state index contributed by atoms with van der Waals surface area (Å²) in [7, 11) is -2.46.